The molecule has 1 heterocycles. The number of benzene rings is 1. The highest BCUT2D eigenvalue weighted by Gasteiger charge is 2.11. The standard InChI is InChI=1S/C14H14N2O3/c1-2-5-10-8-13(16-9-15-10)19-12-7-4-3-6-11(12)14(17)18/h3-4,6-9H,2,5H2,1H3,(H,17,18). The van der Waals surface area contributed by atoms with Gasteiger partial charge in [0.2, 0.25) is 5.88 Å². The van der Waals surface area contributed by atoms with Crippen molar-refractivity contribution >= 4 is 5.97 Å². The predicted octanol–water partition coefficient (Wildman–Crippen LogP) is 2.92. The number of carbonyl (C=O) groups is 1. The van der Waals surface area contributed by atoms with Crippen molar-refractivity contribution in [2.75, 3.05) is 0 Å². The maximum absolute atomic E-state index is 11.1. The van der Waals surface area contributed by atoms with E-state index in [1.54, 1.807) is 24.3 Å². The minimum atomic E-state index is -1.03. The second kappa shape index (κ2) is 5.95. The summed E-state index contributed by atoms with van der Waals surface area (Å²) < 4.78 is 5.53. The van der Waals surface area contributed by atoms with Crippen molar-refractivity contribution in [3.05, 3.63) is 47.9 Å². The van der Waals surface area contributed by atoms with Gasteiger partial charge in [-0.3, -0.25) is 0 Å². The molecule has 0 bridgehead atoms. The van der Waals surface area contributed by atoms with Crippen LogP contribution < -0.4 is 4.74 Å². The number of aromatic nitrogens is 2. The van der Waals surface area contributed by atoms with Gasteiger partial charge in [-0.1, -0.05) is 25.5 Å². The molecular weight excluding hydrogens is 244 g/mol. The molecule has 0 aliphatic heterocycles. The maximum Gasteiger partial charge on any atom is 0.339 e. The minimum Gasteiger partial charge on any atom is -0.478 e. The smallest absolute Gasteiger partial charge is 0.339 e. The van der Waals surface area contributed by atoms with E-state index < -0.39 is 5.97 Å². The number of rotatable bonds is 5. The van der Waals surface area contributed by atoms with Crippen molar-refractivity contribution in [1.29, 1.82) is 0 Å². The first-order valence-corrected chi connectivity index (χ1v) is 6.01. The second-order valence-electron chi connectivity index (χ2n) is 4.00. The molecule has 1 N–H and O–H groups in total. The predicted molar refractivity (Wildman–Crippen MR) is 69.5 cm³/mol. The molecule has 2 aromatic rings. The molecule has 0 unspecified atom stereocenters. The molecule has 1 aromatic carbocycles. The van der Waals surface area contributed by atoms with Crippen LogP contribution in [0.3, 0.4) is 0 Å². The van der Waals surface area contributed by atoms with E-state index >= 15 is 0 Å². The van der Waals surface area contributed by atoms with Crippen LogP contribution in [0.25, 0.3) is 0 Å². The van der Waals surface area contributed by atoms with E-state index in [9.17, 15) is 4.79 Å². The summed E-state index contributed by atoms with van der Waals surface area (Å²) in [5.41, 5.74) is 0.985. The number of hydrogen-bond acceptors (Lipinski definition) is 4. The van der Waals surface area contributed by atoms with Crippen molar-refractivity contribution < 1.29 is 14.6 Å². The Hall–Kier alpha value is -2.43. The van der Waals surface area contributed by atoms with Gasteiger partial charge < -0.3 is 9.84 Å². The molecule has 5 nitrogen and oxygen atoms in total. The van der Waals surface area contributed by atoms with Crippen molar-refractivity contribution in [3.63, 3.8) is 0 Å². The van der Waals surface area contributed by atoms with Crippen LogP contribution in [-0.4, -0.2) is 21.0 Å². The van der Waals surface area contributed by atoms with Crippen molar-refractivity contribution in [2.45, 2.75) is 19.8 Å². The topological polar surface area (TPSA) is 72.3 Å². The van der Waals surface area contributed by atoms with Crippen LogP contribution in [0, 0.1) is 0 Å². The molecule has 0 atom stereocenters. The Kier molecular flexibility index (Phi) is 4.07. The SMILES string of the molecule is CCCc1cc(Oc2ccccc2C(=O)O)ncn1. The van der Waals surface area contributed by atoms with E-state index in [0.717, 1.165) is 18.5 Å². The Balaban J connectivity index is 2.26. The lowest BCUT2D eigenvalue weighted by atomic mass is 10.2. The fraction of sp³-hybridized carbons (Fsp3) is 0.214. The van der Waals surface area contributed by atoms with E-state index in [-0.39, 0.29) is 11.3 Å². The summed E-state index contributed by atoms with van der Waals surface area (Å²) in [7, 11) is 0. The van der Waals surface area contributed by atoms with Gasteiger partial charge in [-0.15, -0.1) is 0 Å². The van der Waals surface area contributed by atoms with Crippen LogP contribution in [0.15, 0.2) is 36.7 Å². The zero-order valence-corrected chi connectivity index (χ0v) is 10.5. The van der Waals surface area contributed by atoms with Crippen LogP contribution in [0.2, 0.25) is 0 Å². The third-order valence-electron chi connectivity index (χ3n) is 2.54. The number of para-hydroxylation sites is 1. The Morgan fingerprint density at radius 1 is 1.32 bits per heavy atom. The molecule has 0 spiro atoms. The van der Waals surface area contributed by atoms with Gasteiger partial charge in [0.25, 0.3) is 0 Å². The van der Waals surface area contributed by atoms with Crippen LogP contribution in [0.1, 0.15) is 29.4 Å². The normalized spacial score (nSPS) is 10.2. The molecule has 19 heavy (non-hydrogen) atoms. The largest absolute Gasteiger partial charge is 0.478 e. The number of aromatic carboxylic acids is 1. The molecule has 0 aliphatic rings. The molecular formula is C14H14N2O3. The van der Waals surface area contributed by atoms with Crippen LogP contribution >= 0.6 is 0 Å². The summed E-state index contributed by atoms with van der Waals surface area (Å²) in [4.78, 5) is 19.2. The molecule has 5 heteroatoms. The third-order valence-corrected chi connectivity index (χ3v) is 2.54. The molecule has 1 aromatic heterocycles. The van der Waals surface area contributed by atoms with Gasteiger partial charge in [0.15, 0.2) is 0 Å². The summed E-state index contributed by atoms with van der Waals surface area (Å²) in [5.74, 6) is -0.401. The van der Waals surface area contributed by atoms with Gasteiger partial charge in [-0.2, -0.15) is 0 Å². The molecule has 0 saturated heterocycles. The van der Waals surface area contributed by atoms with Crippen molar-refractivity contribution in [3.8, 4) is 11.6 Å². The number of carboxylic acid groups (broad SMARTS) is 1. The summed E-state index contributed by atoms with van der Waals surface area (Å²) in [6.07, 6.45) is 3.23. The maximum atomic E-state index is 11.1. The molecule has 0 fully saturated rings. The number of ether oxygens (including phenoxy) is 1. The number of hydrogen-bond donors (Lipinski definition) is 1. The lowest BCUT2D eigenvalue weighted by molar-refractivity contribution is 0.0694. The third kappa shape index (κ3) is 3.28. The molecule has 0 saturated carbocycles. The number of carboxylic acids is 1. The average molecular weight is 258 g/mol. The molecule has 0 aliphatic carbocycles. The lowest BCUT2D eigenvalue weighted by Gasteiger charge is -2.08. The first kappa shape index (κ1) is 13.0. The van der Waals surface area contributed by atoms with Gasteiger partial charge >= 0.3 is 5.97 Å². The zero-order valence-electron chi connectivity index (χ0n) is 10.5. The van der Waals surface area contributed by atoms with Crippen LogP contribution in [0.5, 0.6) is 11.6 Å². The van der Waals surface area contributed by atoms with Gasteiger partial charge in [0, 0.05) is 11.8 Å². The van der Waals surface area contributed by atoms with Gasteiger partial charge in [0.1, 0.15) is 17.6 Å². The first-order chi connectivity index (χ1) is 9.20. The highest BCUT2D eigenvalue weighted by atomic mass is 16.5. The molecule has 0 radical (unpaired) electrons. The Morgan fingerprint density at radius 2 is 2.11 bits per heavy atom. The van der Waals surface area contributed by atoms with Crippen LogP contribution in [-0.2, 0) is 6.42 Å². The highest BCUT2D eigenvalue weighted by Crippen LogP contribution is 2.24. The minimum absolute atomic E-state index is 0.109. The van der Waals surface area contributed by atoms with Gasteiger partial charge in [0.05, 0.1) is 0 Å². The van der Waals surface area contributed by atoms with E-state index in [1.165, 1.54) is 12.4 Å². The zero-order chi connectivity index (χ0) is 13.7. The first-order valence-electron chi connectivity index (χ1n) is 6.01. The summed E-state index contributed by atoms with van der Waals surface area (Å²) in [6.45, 7) is 2.06. The summed E-state index contributed by atoms with van der Waals surface area (Å²) in [6, 6.07) is 8.19. The van der Waals surface area contributed by atoms with Gasteiger partial charge in [-0.05, 0) is 18.6 Å². The molecule has 2 rings (SSSR count). The summed E-state index contributed by atoms with van der Waals surface area (Å²) >= 11 is 0. The fourth-order valence-electron chi connectivity index (χ4n) is 1.67. The molecule has 98 valence electrons. The number of nitrogens with zero attached hydrogens (tertiary/aromatic N) is 2. The monoisotopic (exact) mass is 258 g/mol. The fourth-order valence-corrected chi connectivity index (χ4v) is 1.67. The van der Waals surface area contributed by atoms with E-state index in [1.807, 2.05) is 0 Å². The van der Waals surface area contributed by atoms with E-state index in [2.05, 4.69) is 16.9 Å². The van der Waals surface area contributed by atoms with Crippen LogP contribution in [0.4, 0.5) is 0 Å². The summed E-state index contributed by atoms with van der Waals surface area (Å²) in [5, 5.41) is 9.07. The highest BCUT2D eigenvalue weighted by molar-refractivity contribution is 5.90. The Labute approximate surface area is 110 Å². The van der Waals surface area contributed by atoms with E-state index in [0.29, 0.717) is 5.88 Å². The van der Waals surface area contributed by atoms with Gasteiger partial charge in [-0.25, -0.2) is 14.8 Å². The molecule has 0 amide bonds. The van der Waals surface area contributed by atoms with Crippen molar-refractivity contribution in [1.82, 2.24) is 9.97 Å². The number of aryl methyl sites for hydroxylation is 1. The second-order valence-corrected chi connectivity index (χ2v) is 4.00. The van der Waals surface area contributed by atoms with Crippen molar-refractivity contribution in [2.24, 2.45) is 0 Å². The van der Waals surface area contributed by atoms with E-state index in [4.69, 9.17) is 9.84 Å². The quantitative estimate of drug-likeness (QED) is 0.892. The average Bonchev–Trinajstić information content (AvgIpc) is 2.40. The Bertz CT molecular complexity index is 584. The Morgan fingerprint density at radius 3 is 2.84 bits per heavy atom. The lowest BCUT2D eigenvalue weighted by Crippen LogP contribution is -2.01.